The quantitative estimate of drug-likeness (QED) is 0.434. The molecule has 0 amide bonds. The fourth-order valence-electron chi connectivity index (χ4n) is 4.22. The molecule has 4 heteroatoms. The van der Waals surface area contributed by atoms with E-state index in [2.05, 4.69) is 43.1 Å². The van der Waals surface area contributed by atoms with Crippen molar-refractivity contribution in [1.29, 1.82) is 0 Å². The van der Waals surface area contributed by atoms with Gasteiger partial charge >= 0.3 is 5.97 Å². The van der Waals surface area contributed by atoms with Gasteiger partial charge in [-0.15, -0.1) is 0 Å². The Hall–Kier alpha value is -1.84. The minimum atomic E-state index is -0.141. The van der Waals surface area contributed by atoms with E-state index in [0.717, 1.165) is 44.3 Å². The van der Waals surface area contributed by atoms with Crippen molar-refractivity contribution in [2.24, 2.45) is 0 Å². The highest BCUT2D eigenvalue weighted by atomic mass is 35.5. The molecule has 1 aliphatic rings. The van der Waals surface area contributed by atoms with E-state index in [1.165, 1.54) is 24.0 Å². The standard InChI is InChI=1S/C26H34ClNO2/c1-3-4-17-28(2)19-21-5-9-22(10-6-21)23-11-15-25(16-12-23)30-26(29)18-20-7-13-24(27)14-8-20/h5-10,13-14,23,25H,3-4,11-12,15-19H2,1-2H3. The van der Waals surface area contributed by atoms with Gasteiger partial charge in [0.05, 0.1) is 6.42 Å². The van der Waals surface area contributed by atoms with Crippen LogP contribution in [0.2, 0.25) is 5.02 Å². The molecular formula is C26H34ClNO2. The van der Waals surface area contributed by atoms with Gasteiger partial charge in [-0.2, -0.15) is 0 Å². The summed E-state index contributed by atoms with van der Waals surface area (Å²) in [5, 5.41) is 0.682. The number of carbonyl (C=O) groups excluding carboxylic acids is 1. The Bertz CT molecular complexity index is 780. The first-order valence-corrected chi connectivity index (χ1v) is 11.6. The fraction of sp³-hybridized carbons (Fsp3) is 0.500. The lowest BCUT2D eigenvalue weighted by Crippen LogP contribution is -2.24. The van der Waals surface area contributed by atoms with Crippen LogP contribution in [0.25, 0.3) is 0 Å². The predicted octanol–water partition coefficient (Wildman–Crippen LogP) is 6.38. The molecule has 30 heavy (non-hydrogen) atoms. The highest BCUT2D eigenvalue weighted by molar-refractivity contribution is 6.30. The summed E-state index contributed by atoms with van der Waals surface area (Å²) in [5.74, 6) is 0.431. The molecule has 0 radical (unpaired) electrons. The van der Waals surface area contributed by atoms with Crippen molar-refractivity contribution in [3.05, 3.63) is 70.2 Å². The average molecular weight is 428 g/mol. The van der Waals surface area contributed by atoms with Gasteiger partial charge in [-0.3, -0.25) is 4.79 Å². The van der Waals surface area contributed by atoms with Crippen LogP contribution in [0.15, 0.2) is 48.5 Å². The van der Waals surface area contributed by atoms with E-state index in [4.69, 9.17) is 16.3 Å². The molecule has 0 spiro atoms. The second-order valence-corrected chi connectivity index (χ2v) is 9.04. The Labute approximate surface area is 186 Å². The Balaban J connectivity index is 1.42. The average Bonchev–Trinajstić information content (AvgIpc) is 2.75. The van der Waals surface area contributed by atoms with Gasteiger partial charge in [0.2, 0.25) is 0 Å². The lowest BCUT2D eigenvalue weighted by Gasteiger charge is -2.29. The number of esters is 1. The van der Waals surface area contributed by atoms with E-state index in [-0.39, 0.29) is 12.1 Å². The lowest BCUT2D eigenvalue weighted by molar-refractivity contribution is -0.149. The van der Waals surface area contributed by atoms with Gasteiger partial charge in [-0.05, 0) is 80.4 Å². The van der Waals surface area contributed by atoms with E-state index in [1.807, 2.05) is 24.3 Å². The molecule has 0 aromatic heterocycles. The zero-order valence-corrected chi connectivity index (χ0v) is 19.0. The lowest BCUT2D eigenvalue weighted by atomic mass is 9.82. The highest BCUT2D eigenvalue weighted by Gasteiger charge is 2.25. The van der Waals surface area contributed by atoms with E-state index in [1.54, 1.807) is 0 Å². The predicted molar refractivity (Wildman–Crippen MR) is 124 cm³/mol. The molecule has 0 saturated heterocycles. The molecule has 3 rings (SSSR count). The molecule has 3 nitrogen and oxygen atoms in total. The van der Waals surface area contributed by atoms with Crippen molar-refractivity contribution >= 4 is 17.6 Å². The normalized spacial score (nSPS) is 19.1. The van der Waals surface area contributed by atoms with Crippen LogP contribution in [0, 0.1) is 0 Å². The zero-order chi connectivity index (χ0) is 21.3. The Kier molecular flexibility index (Phi) is 8.77. The van der Waals surface area contributed by atoms with Crippen LogP contribution in [0.5, 0.6) is 0 Å². The highest BCUT2D eigenvalue weighted by Crippen LogP contribution is 2.34. The second-order valence-electron chi connectivity index (χ2n) is 8.60. The number of unbranched alkanes of at least 4 members (excludes halogenated alkanes) is 1. The van der Waals surface area contributed by atoms with Gasteiger partial charge in [0, 0.05) is 11.6 Å². The summed E-state index contributed by atoms with van der Waals surface area (Å²) >= 11 is 5.90. The SMILES string of the molecule is CCCCN(C)Cc1ccc(C2CCC(OC(=O)Cc3ccc(Cl)cc3)CC2)cc1. The number of benzene rings is 2. The van der Waals surface area contributed by atoms with Gasteiger partial charge in [-0.1, -0.05) is 61.3 Å². The molecule has 1 saturated carbocycles. The third kappa shape index (κ3) is 7.14. The van der Waals surface area contributed by atoms with Gasteiger partial charge in [0.1, 0.15) is 6.10 Å². The summed E-state index contributed by atoms with van der Waals surface area (Å²) in [7, 11) is 2.19. The summed E-state index contributed by atoms with van der Waals surface area (Å²) in [5.41, 5.74) is 3.74. The summed E-state index contributed by atoms with van der Waals surface area (Å²) in [6, 6.07) is 16.5. The van der Waals surface area contributed by atoms with Gasteiger partial charge < -0.3 is 9.64 Å². The first kappa shape index (κ1) is 22.8. The van der Waals surface area contributed by atoms with Crippen molar-refractivity contribution in [2.45, 2.75) is 70.4 Å². The molecule has 0 unspecified atom stereocenters. The maximum absolute atomic E-state index is 12.2. The van der Waals surface area contributed by atoms with Gasteiger partial charge in [-0.25, -0.2) is 0 Å². The number of hydrogen-bond donors (Lipinski definition) is 0. The molecule has 0 bridgehead atoms. The number of ether oxygens (including phenoxy) is 1. The Morgan fingerprint density at radius 1 is 1.00 bits per heavy atom. The molecular weight excluding hydrogens is 394 g/mol. The topological polar surface area (TPSA) is 29.5 Å². The maximum Gasteiger partial charge on any atom is 0.310 e. The van der Waals surface area contributed by atoms with Gasteiger partial charge in [0.25, 0.3) is 0 Å². The van der Waals surface area contributed by atoms with Crippen LogP contribution in [0.1, 0.15) is 68.1 Å². The van der Waals surface area contributed by atoms with Crippen LogP contribution in [-0.2, 0) is 22.5 Å². The number of halogens is 1. The molecule has 0 N–H and O–H groups in total. The summed E-state index contributed by atoms with van der Waals surface area (Å²) in [6.07, 6.45) is 6.89. The van der Waals surface area contributed by atoms with Crippen molar-refractivity contribution in [3.8, 4) is 0 Å². The molecule has 162 valence electrons. The van der Waals surface area contributed by atoms with E-state index >= 15 is 0 Å². The number of hydrogen-bond acceptors (Lipinski definition) is 3. The van der Waals surface area contributed by atoms with Gasteiger partial charge in [0.15, 0.2) is 0 Å². The van der Waals surface area contributed by atoms with Crippen molar-refractivity contribution in [3.63, 3.8) is 0 Å². The smallest absolute Gasteiger partial charge is 0.310 e. The molecule has 0 atom stereocenters. The van der Waals surface area contributed by atoms with Crippen molar-refractivity contribution in [1.82, 2.24) is 4.90 Å². The number of nitrogens with zero attached hydrogens (tertiary/aromatic N) is 1. The van der Waals surface area contributed by atoms with Crippen molar-refractivity contribution < 1.29 is 9.53 Å². The molecule has 2 aromatic rings. The van der Waals surface area contributed by atoms with E-state index in [0.29, 0.717) is 17.4 Å². The molecule has 0 aliphatic heterocycles. The molecule has 0 heterocycles. The van der Waals surface area contributed by atoms with E-state index < -0.39 is 0 Å². The van der Waals surface area contributed by atoms with Crippen LogP contribution in [0.3, 0.4) is 0 Å². The third-order valence-electron chi connectivity index (χ3n) is 6.03. The van der Waals surface area contributed by atoms with Crippen LogP contribution in [-0.4, -0.2) is 30.6 Å². The Morgan fingerprint density at radius 2 is 1.63 bits per heavy atom. The third-order valence-corrected chi connectivity index (χ3v) is 6.28. The van der Waals surface area contributed by atoms with E-state index in [9.17, 15) is 4.79 Å². The minimum Gasteiger partial charge on any atom is -0.462 e. The fourth-order valence-corrected chi connectivity index (χ4v) is 4.35. The minimum absolute atomic E-state index is 0.0486. The molecule has 2 aromatic carbocycles. The first-order valence-electron chi connectivity index (χ1n) is 11.2. The summed E-state index contributed by atoms with van der Waals surface area (Å²) in [6.45, 7) is 4.40. The van der Waals surface area contributed by atoms with Crippen LogP contribution in [0.4, 0.5) is 0 Å². The zero-order valence-electron chi connectivity index (χ0n) is 18.3. The Morgan fingerprint density at radius 3 is 2.27 bits per heavy atom. The number of carbonyl (C=O) groups is 1. The number of rotatable bonds is 9. The summed E-state index contributed by atoms with van der Waals surface area (Å²) in [4.78, 5) is 14.6. The first-order chi connectivity index (χ1) is 14.5. The monoisotopic (exact) mass is 427 g/mol. The molecule has 1 aliphatic carbocycles. The molecule has 1 fully saturated rings. The second kappa shape index (κ2) is 11.5. The van der Waals surface area contributed by atoms with Crippen LogP contribution >= 0.6 is 11.6 Å². The van der Waals surface area contributed by atoms with Crippen molar-refractivity contribution in [2.75, 3.05) is 13.6 Å². The largest absolute Gasteiger partial charge is 0.462 e. The summed E-state index contributed by atoms with van der Waals surface area (Å²) < 4.78 is 5.73. The van der Waals surface area contributed by atoms with Crippen LogP contribution < -0.4 is 0 Å². The maximum atomic E-state index is 12.2.